The van der Waals surface area contributed by atoms with Crippen LogP contribution in [0.5, 0.6) is 5.75 Å². The predicted molar refractivity (Wildman–Crippen MR) is 131 cm³/mol. The van der Waals surface area contributed by atoms with Crippen LogP contribution in [0.1, 0.15) is 22.3 Å². The highest BCUT2D eigenvalue weighted by atomic mass is 16.5. The lowest BCUT2D eigenvalue weighted by Gasteiger charge is -2.20. The molecule has 1 fully saturated rings. The number of methoxy groups -OCH3 is 1. The normalized spacial score (nSPS) is 15.2. The molecule has 7 nitrogen and oxygen atoms in total. The number of amides is 3. The van der Waals surface area contributed by atoms with Crippen molar-refractivity contribution in [2.24, 2.45) is 5.92 Å². The van der Waals surface area contributed by atoms with Crippen LogP contribution in [0.3, 0.4) is 0 Å². The summed E-state index contributed by atoms with van der Waals surface area (Å²) in [5.41, 5.74) is 2.58. The molecule has 34 heavy (non-hydrogen) atoms. The van der Waals surface area contributed by atoms with Crippen molar-refractivity contribution in [3.63, 3.8) is 0 Å². The van der Waals surface area contributed by atoms with Crippen LogP contribution in [0.2, 0.25) is 0 Å². The van der Waals surface area contributed by atoms with Gasteiger partial charge in [0.15, 0.2) is 0 Å². The molecule has 0 radical (unpaired) electrons. The van der Waals surface area contributed by atoms with E-state index in [1.165, 1.54) is 0 Å². The van der Waals surface area contributed by atoms with Crippen molar-refractivity contribution in [1.29, 1.82) is 0 Å². The largest absolute Gasteiger partial charge is 0.497 e. The zero-order chi connectivity index (χ0) is 24.1. The van der Waals surface area contributed by atoms with Gasteiger partial charge in [-0.05, 0) is 42.0 Å². The summed E-state index contributed by atoms with van der Waals surface area (Å²) in [7, 11) is 3.31. The van der Waals surface area contributed by atoms with Gasteiger partial charge in [0, 0.05) is 32.2 Å². The second-order valence-corrected chi connectivity index (χ2v) is 8.29. The van der Waals surface area contributed by atoms with Gasteiger partial charge >= 0.3 is 0 Å². The number of ether oxygens (including phenoxy) is 1. The van der Waals surface area contributed by atoms with E-state index >= 15 is 0 Å². The highest BCUT2D eigenvalue weighted by Crippen LogP contribution is 2.28. The first kappa shape index (κ1) is 23.0. The number of carbonyl (C=O) groups excluding carboxylic acids is 3. The quantitative estimate of drug-likeness (QED) is 0.583. The molecule has 3 aromatic carbocycles. The Morgan fingerprint density at radius 3 is 2.38 bits per heavy atom. The highest BCUT2D eigenvalue weighted by molar-refractivity contribution is 6.07. The SMILES string of the molecule is COc1ccc(N2C[C@@H](C(=O)Nc3ccccc3C(=O)N(C)Cc3ccccc3)CC2=O)cc1. The van der Waals surface area contributed by atoms with Gasteiger partial charge in [-0.15, -0.1) is 0 Å². The van der Waals surface area contributed by atoms with E-state index in [9.17, 15) is 14.4 Å². The van der Waals surface area contributed by atoms with E-state index < -0.39 is 5.92 Å². The van der Waals surface area contributed by atoms with Crippen molar-refractivity contribution in [2.45, 2.75) is 13.0 Å². The predicted octanol–water partition coefficient (Wildman–Crippen LogP) is 3.96. The molecule has 0 aliphatic carbocycles. The standard InChI is InChI=1S/C27H27N3O4/c1-29(17-19-8-4-3-5-9-19)27(33)23-10-6-7-11-24(23)28-26(32)20-16-25(31)30(18-20)21-12-14-22(34-2)15-13-21/h3-15,20H,16-18H2,1-2H3,(H,28,32)/t20-/m0/s1. The molecule has 1 N–H and O–H groups in total. The fraction of sp³-hybridized carbons (Fsp3) is 0.222. The summed E-state index contributed by atoms with van der Waals surface area (Å²) in [5, 5.41) is 2.88. The van der Waals surface area contributed by atoms with Gasteiger partial charge in [-0.1, -0.05) is 42.5 Å². The lowest BCUT2D eigenvalue weighted by molar-refractivity contribution is -0.122. The molecule has 1 saturated heterocycles. The Hall–Kier alpha value is -4.13. The van der Waals surface area contributed by atoms with Crippen molar-refractivity contribution in [3.8, 4) is 5.75 Å². The molecule has 1 atom stereocenters. The summed E-state index contributed by atoms with van der Waals surface area (Å²) in [6, 6.07) is 23.8. The molecule has 1 heterocycles. The van der Waals surface area contributed by atoms with Crippen molar-refractivity contribution in [3.05, 3.63) is 90.0 Å². The number of para-hydroxylation sites is 1. The molecular weight excluding hydrogens is 430 g/mol. The Balaban J connectivity index is 1.44. The average molecular weight is 458 g/mol. The summed E-state index contributed by atoms with van der Waals surface area (Å²) < 4.78 is 5.17. The summed E-state index contributed by atoms with van der Waals surface area (Å²) in [6.45, 7) is 0.733. The number of hydrogen-bond acceptors (Lipinski definition) is 4. The summed E-state index contributed by atoms with van der Waals surface area (Å²) in [5.74, 6) is -0.405. The van der Waals surface area contributed by atoms with Crippen molar-refractivity contribution in [1.82, 2.24) is 4.90 Å². The van der Waals surface area contributed by atoms with Crippen molar-refractivity contribution in [2.75, 3.05) is 30.9 Å². The van der Waals surface area contributed by atoms with Crippen LogP contribution in [0.25, 0.3) is 0 Å². The topological polar surface area (TPSA) is 79.0 Å². The Kier molecular flexibility index (Phi) is 6.92. The first-order valence-electron chi connectivity index (χ1n) is 11.1. The van der Waals surface area contributed by atoms with Gasteiger partial charge < -0.3 is 19.9 Å². The zero-order valence-corrected chi connectivity index (χ0v) is 19.2. The third-order valence-corrected chi connectivity index (χ3v) is 5.90. The molecule has 0 saturated carbocycles. The third kappa shape index (κ3) is 5.09. The summed E-state index contributed by atoms with van der Waals surface area (Å²) in [6.07, 6.45) is 0.113. The van der Waals surface area contributed by atoms with Crippen LogP contribution in [-0.4, -0.2) is 43.3 Å². The molecule has 0 spiro atoms. The number of nitrogens with zero attached hydrogens (tertiary/aromatic N) is 2. The van der Waals surface area contributed by atoms with Gasteiger partial charge in [0.2, 0.25) is 11.8 Å². The molecule has 0 aromatic heterocycles. The third-order valence-electron chi connectivity index (χ3n) is 5.90. The van der Waals surface area contributed by atoms with E-state index in [0.29, 0.717) is 23.5 Å². The van der Waals surface area contributed by atoms with E-state index in [2.05, 4.69) is 5.32 Å². The summed E-state index contributed by atoms with van der Waals surface area (Å²) in [4.78, 5) is 42.0. The van der Waals surface area contributed by atoms with E-state index in [4.69, 9.17) is 4.74 Å². The van der Waals surface area contributed by atoms with Crippen LogP contribution < -0.4 is 15.0 Å². The minimum Gasteiger partial charge on any atom is -0.497 e. The first-order chi connectivity index (χ1) is 16.5. The molecule has 1 aliphatic heterocycles. The van der Waals surface area contributed by atoms with Gasteiger partial charge in [-0.3, -0.25) is 14.4 Å². The molecule has 3 aromatic rings. The molecule has 0 bridgehead atoms. The number of carbonyl (C=O) groups is 3. The summed E-state index contributed by atoms with van der Waals surface area (Å²) >= 11 is 0. The van der Waals surface area contributed by atoms with Gasteiger partial charge in [-0.2, -0.15) is 0 Å². The fourth-order valence-electron chi connectivity index (χ4n) is 4.04. The van der Waals surface area contributed by atoms with Crippen LogP contribution >= 0.6 is 0 Å². The van der Waals surface area contributed by atoms with E-state index in [1.807, 2.05) is 30.3 Å². The van der Waals surface area contributed by atoms with Crippen LogP contribution in [0.4, 0.5) is 11.4 Å². The van der Waals surface area contributed by atoms with Crippen molar-refractivity contribution >= 4 is 29.1 Å². The maximum atomic E-state index is 13.1. The molecule has 1 aliphatic rings. The van der Waals surface area contributed by atoms with Crippen molar-refractivity contribution < 1.29 is 19.1 Å². The van der Waals surface area contributed by atoms with Crippen LogP contribution in [0, 0.1) is 5.92 Å². The Bertz CT molecular complexity index is 1180. The highest BCUT2D eigenvalue weighted by Gasteiger charge is 2.35. The van der Waals surface area contributed by atoms with Gasteiger partial charge in [0.1, 0.15) is 5.75 Å². The lowest BCUT2D eigenvalue weighted by Crippen LogP contribution is -2.30. The first-order valence-corrected chi connectivity index (χ1v) is 11.1. The van der Waals surface area contributed by atoms with E-state index in [-0.39, 0.29) is 30.7 Å². The molecule has 0 unspecified atom stereocenters. The van der Waals surface area contributed by atoms with E-state index in [0.717, 1.165) is 11.3 Å². The van der Waals surface area contributed by atoms with Crippen LogP contribution in [0.15, 0.2) is 78.9 Å². The smallest absolute Gasteiger partial charge is 0.256 e. The molecule has 4 rings (SSSR count). The lowest BCUT2D eigenvalue weighted by atomic mass is 10.1. The monoisotopic (exact) mass is 457 g/mol. The van der Waals surface area contributed by atoms with Gasteiger partial charge in [0.05, 0.1) is 24.3 Å². The Morgan fingerprint density at radius 2 is 1.68 bits per heavy atom. The van der Waals surface area contributed by atoms with Crippen LogP contribution in [-0.2, 0) is 16.1 Å². The minimum atomic E-state index is -0.514. The van der Waals surface area contributed by atoms with Gasteiger partial charge in [0.25, 0.3) is 5.91 Å². The number of hydrogen-bond donors (Lipinski definition) is 1. The maximum absolute atomic E-state index is 13.1. The minimum absolute atomic E-state index is 0.113. The maximum Gasteiger partial charge on any atom is 0.256 e. The number of rotatable bonds is 7. The molecule has 174 valence electrons. The average Bonchev–Trinajstić information content (AvgIpc) is 3.26. The Morgan fingerprint density at radius 1 is 1.00 bits per heavy atom. The van der Waals surface area contributed by atoms with E-state index in [1.54, 1.807) is 72.5 Å². The zero-order valence-electron chi connectivity index (χ0n) is 19.2. The molecular formula is C27H27N3O4. The fourth-order valence-corrected chi connectivity index (χ4v) is 4.04. The Labute approximate surface area is 198 Å². The second-order valence-electron chi connectivity index (χ2n) is 8.29. The number of nitrogens with one attached hydrogen (secondary N) is 1. The molecule has 3 amide bonds. The number of benzene rings is 3. The van der Waals surface area contributed by atoms with Gasteiger partial charge in [-0.25, -0.2) is 0 Å². The number of anilines is 2. The second kappa shape index (κ2) is 10.2. The molecule has 7 heteroatoms.